The fourth-order valence-electron chi connectivity index (χ4n) is 5.34. The molecule has 0 bridgehead atoms. The Bertz CT molecular complexity index is 1670. The van der Waals surface area contributed by atoms with Gasteiger partial charge in [0.2, 0.25) is 0 Å². The van der Waals surface area contributed by atoms with Crippen LogP contribution in [0.5, 0.6) is 0 Å². The molecular weight excluding hydrogens is 390 g/mol. The summed E-state index contributed by atoms with van der Waals surface area (Å²) in [5.41, 5.74) is 14.6. The molecular formula is C29H27N3. The maximum absolute atomic E-state index is 6.70. The SMILES string of the molecule is Cn1c2ccccc2c2cc(-c3cc4c5ccccc5n(C(C)(C)C)c4cc3N)ccc21. The lowest BCUT2D eigenvalue weighted by Crippen LogP contribution is -2.21. The molecule has 2 N–H and O–H groups in total. The number of anilines is 1. The lowest BCUT2D eigenvalue weighted by molar-refractivity contribution is 0.423. The van der Waals surface area contributed by atoms with E-state index in [0.29, 0.717) is 0 Å². The van der Waals surface area contributed by atoms with Crippen molar-refractivity contribution in [3.63, 3.8) is 0 Å². The van der Waals surface area contributed by atoms with Crippen molar-refractivity contribution in [1.82, 2.24) is 9.13 Å². The van der Waals surface area contributed by atoms with Gasteiger partial charge in [0.05, 0.1) is 5.52 Å². The molecule has 0 aliphatic heterocycles. The molecule has 0 saturated heterocycles. The van der Waals surface area contributed by atoms with E-state index in [-0.39, 0.29) is 5.54 Å². The lowest BCUT2D eigenvalue weighted by atomic mass is 9.98. The fraction of sp³-hybridized carbons (Fsp3) is 0.172. The van der Waals surface area contributed by atoms with Crippen molar-refractivity contribution in [2.45, 2.75) is 26.3 Å². The second-order valence-corrected chi connectivity index (χ2v) is 9.79. The van der Waals surface area contributed by atoms with E-state index in [9.17, 15) is 0 Å². The number of aryl methyl sites for hydroxylation is 1. The quantitative estimate of drug-likeness (QED) is 0.277. The Morgan fingerprint density at radius 1 is 0.625 bits per heavy atom. The number of nitrogen functional groups attached to an aromatic ring is 1. The summed E-state index contributed by atoms with van der Waals surface area (Å²) in [6, 6.07) is 28.4. The summed E-state index contributed by atoms with van der Waals surface area (Å²) in [7, 11) is 2.13. The van der Waals surface area contributed by atoms with Crippen LogP contribution in [0.4, 0.5) is 5.69 Å². The normalized spacial score (nSPS) is 12.5. The minimum absolute atomic E-state index is 0.0445. The van der Waals surface area contributed by atoms with Crippen LogP contribution < -0.4 is 5.73 Å². The van der Waals surface area contributed by atoms with E-state index >= 15 is 0 Å². The Morgan fingerprint density at radius 2 is 1.22 bits per heavy atom. The van der Waals surface area contributed by atoms with E-state index < -0.39 is 0 Å². The average Bonchev–Trinajstić information content (AvgIpc) is 3.25. The first kappa shape index (κ1) is 19.0. The highest BCUT2D eigenvalue weighted by molar-refractivity contribution is 6.13. The molecule has 4 aromatic carbocycles. The van der Waals surface area contributed by atoms with Gasteiger partial charge in [-0.25, -0.2) is 0 Å². The van der Waals surface area contributed by atoms with Gasteiger partial charge in [-0.15, -0.1) is 0 Å². The van der Waals surface area contributed by atoms with E-state index in [0.717, 1.165) is 16.8 Å². The number of hydrogen-bond acceptors (Lipinski definition) is 1. The Morgan fingerprint density at radius 3 is 1.94 bits per heavy atom. The minimum Gasteiger partial charge on any atom is -0.398 e. The molecule has 0 saturated carbocycles. The number of fused-ring (bicyclic) bond motifs is 6. The first-order valence-corrected chi connectivity index (χ1v) is 11.2. The molecule has 0 radical (unpaired) electrons. The van der Waals surface area contributed by atoms with Gasteiger partial charge in [-0.05, 0) is 62.7 Å². The van der Waals surface area contributed by atoms with E-state index in [1.165, 1.54) is 43.6 Å². The van der Waals surface area contributed by atoms with Crippen molar-refractivity contribution in [1.29, 1.82) is 0 Å². The highest BCUT2D eigenvalue weighted by Crippen LogP contribution is 2.40. The molecule has 2 aromatic heterocycles. The molecule has 6 aromatic rings. The Balaban J connectivity index is 1.67. The molecule has 0 aliphatic carbocycles. The van der Waals surface area contributed by atoms with Gasteiger partial charge in [-0.1, -0.05) is 42.5 Å². The molecule has 0 spiro atoms. The molecule has 32 heavy (non-hydrogen) atoms. The number of para-hydroxylation sites is 2. The number of hydrogen-bond donors (Lipinski definition) is 1. The number of rotatable bonds is 1. The Labute approximate surface area is 187 Å². The summed E-state index contributed by atoms with van der Waals surface area (Å²) < 4.78 is 4.67. The third kappa shape index (κ3) is 2.54. The molecule has 0 amide bonds. The van der Waals surface area contributed by atoms with Crippen molar-refractivity contribution in [2.75, 3.05) is 5.73 Å². The highest BCUT2D eigenvalue weighted by Gasteiger charge is 2.21. The van der Waals surface area contributed by atoms with Gasteiger partial charge in [0, 0.05) is 61.9 Å². The standard InChI is InChI=1S/C29H27N3/c1-29(2,3)32-27-12-8-6-10-20(27)23-16-21(24(30)17-28(23)32)18-13-14-26-22(15-18)19-9-5-7-11-25(19)31(26)4/h5-17H,30H2,1-4H3. The lowest BCUT2D eigenvalue weighted by Gasteiger charge is -2.24. The van der Waals surface area contributed by atoms with Gasteiger partial charge in [0.1, 0.15) is 0 Å². The predicted octanol–water partition coefficient (Wildman–Crippen LogP) is 7.44. The van der Waals surface area contributed by atoms with Crippen molar-refractivity contribution in [2.24, 2.45) is 7.05 Å². The number of aromatic nitrogens is 2. The monoisotopic (exact) mass is 417 g/mol. The van der Waals surface area contributed by atoms with Crippen LogP contribution in [0.25, 0.3) is 54.7 Å². The zero-order valence-electron chi connectivity index (χ0n) is 19.0. The maximum Gasteiger partial charge on any atom is 0.0517 e. The van der Waals surface area contributed by atoms with Crippen molar-refractivity contribution < 1.29 is 0 Å². The van der Waals surface area contributed by atoms with Gasteiger partial charge < -0.3 is 14.9 Å². The summed E-state index contributed by atoms with van der Waals surface area (Å²) in [4.78, 5) is 0. The minimum atomic E-state index is -0.0445. The molecule has 158 valence electrons. The zero-order valence-corrected chi connectivity index (χ0v) is 19.0. The average molecular weight is 418 g/mol. The summed E-state index contributed by atoms with van der Waals surface area (Å²) in [5.74, 6) is 0. The molecule has 3 heteroatoms. The summed E-state index contributed by atoms with van der Waals surface area (Å²) in [6.45, 7) is 6.74. The Hall–Kier alpha value is -3.72. The maximum atomic E-state index is 6.70. The van der Waals surface area contributed by atoms with Crippen molar-refractivity contribution >= 4 is 49.3 Å². The molecule has 2 heterocycles. The number of nitrogens with two attached hydrogens (primary N) is 1. The van der Waals surface area contributed by atoms with Crippen molar-refractivity contribution in [3.05, 3.63) is 78.9 Å². The van der Waals surface area contributed by atoms with Crippen LogP contribution in [0.15, 0.2) is 78.9 Å². The predicted molar refractivity (Wildman–Crippen MR) is 138 cm³/mol. The van der Waals surface area contributed by atoms with E-state index in [2.05, 4.69) is 116 Å². The fourth-order valence-corrected chi connectivity index (χ4v) is 5.34. The van der Waals surface area contributed by atoms with Crippen LogP contribution in [0, 0.1) is 0 Å². The largest absolute Gasteiger partial charge is 0.398 e. The van der Waals surface area contributed by atoms with Gasteiger partial charge >= 0.3 is 0 Å². The molecule has 3 nitrogen and oxygen atoms in total. The van der Waals surface area contributed by atoms with E-state index in [1.54, 1.807) is 0 Å². The van der Waals surface area contributed by atoms with Gasteiger partial charge in [-0.3, -0.25) is 0 Å². The number of nitrogens with zero attached hydrogens (tertiary/aromatic N) is 2. The van der Waals surface area contributed by atoms with Gasteiger partial charge in [0.15, 0.2) is 0 Å². The highest BCUT2D eigenvalue weighted by atomic mass is 15.0. The second-order valence-electron chi connectivity index (χ2n) is 9.79. The molecule has 6 rings (SSSR count). The smallest absolute Gasteiger partial charge is 0.0517 e. The molecule has 0 unspecified atom stereocenters. The molecule has 0 fully saturated rings. The summed E-state index contributed by atoms with van der Waals surface area (Å²) in [6.07, 6.45) is 0. The summed E-state index contributed by atoms with van der Waals surface area (Å²) in [5, 5.41) is 5.05. The van der Waals surface area contributed by atoms with Crippen LogP contribution in [-0.2, 0) is 12.6 Å². The first-order valence-electron chi connectivity index (χ1n) is 11.2. The van der Waals surface area contributed by atoms with Crippen LogP contribution in [0.3, 0.4) is 0 Å². The van der Waals surface area contributed by atoms with Crippen LogP contribution in [0.2, 0.25) is 0 Å². The van der Waals surface area contributed by atoms with E-state index in [1.807, 2.05) is 0 Å². The Kier molecular flexibility index (Phi) is 3.80. The van der Waals surface area contributed by atoms with Gasteiger partial charge in [-0.2, -0.15) is 0 Å². The van der Waals surface area contributed by atoms with Crippen LogP contribution in [0.1, 0.15) is 20.8 Å². The second kappa shape index (κ2) is 6.39. The van der Waals surface area contributed by atoms with Crippen molar-refractivity contribution in [3.8, 4) is 11.1 Å². The van der Waals surface area contributed by atoms with Crippen LogP contribution in [-0.4, -0.2) is 9.13 Å². The van der Waals surface area contributed by atoms with Crippen LogP contribution >= 0.6 is 0 Å². The molecule has 0 aliphatic rings. The zero-order chi connectivity index (χ0) is 22.2. The third-order valence-electron chi connectivity index (χ3n) is 6.74. The van der Waals surface area contributed by atoms with E-state index in [4.69, 9.17) is 5.73 Å². The first-order chi connectivity index (χ1) is 15.3. The van der Waals surface area contributed by atoms with Gasteiger partial charge in [0.25, 0.3) is 0 Å². The number of benzene rings is 4. The topological polar surface area (TPSA) is 35.9 Å². The summed E-state index contributed by atoms with van der Waals surface area (Å²) >= 11 is 0. The molecule has 0 atom stereocenters. The third-order valence-corrected chi connectivity index (χ3v) is 6.74.